The van der Waals surface area contributed by atoms with E-state index in [9.17, 15) is 0 Å². The van der Waals surface area contributed by atoms with Crippen LogP contribution in [0.5, 0.6) is 0 Å². The monoisotopic (exact) mass is 407 g/mol. The molecule has 1 fully saturated rings. The van der Waals surface area contributed by atoms with Crippen LogP contribution < -0.4 is 4.90 Å². The molecule has 5 rings (SSSR count). The van der Waals surface area contributed by atoms with Gasteiger partial charge in [-0.05, 0) is 60.2 Å². The van der Waals surface area contributed by atoms with Crippen LogP contribution in [-0.2, 0) is 5.41 Å². The first-order valence-corrected chi connectivity index (χ1v) is 12.0. The zero-order valence-electron chi connectivity index (χ0n) is 18.6. The van der Waals surface area contributed by atoms with Crippen molar-refractivity contribution in [1.29, 1.82) is 0 Å². The van der Waals surface area contributed by atoms with Gasteiger partial charge in [0.25, 0.3) is 0 Å². The minimum Gasteiger partial charge on any atom is -0.337 e. The molecule has 1 heteroatoms. The maximum atomic E-state index is 2.68. The van der Waals surface area contributed by atoms with Crippen LogP contribution in [0.2, 0.25) is 0 Å². The van der Waals surface area contributed by atoms with E-state index >= 15 is 0 Å². The lowest BCUT2D eigenvalue weighted by Gasteiger charge is -2.43. The summed E-state index contributed by atoms with van der Waals surface area (Å²) in [4.78, 5) is 2.68. The Hall–Kier alpha value is -2.80. The van der Waals surface area contributed by atoms with E-state index in [1.807, 2.05) is 0 Å². The average molecular weight is 408 g/mol. The topological polar surface area (TPSA) is 3.24 Å². The van der Waals surface area contributed by atoms with Gasteiger partial charge in [0, 0.05) is 22.8 Å². The quantitative estimate of drug-likeness (QED) is 0.371. The van der Waals surface area contributed by atoms with Gasteiger partial charge in [-0.2, -0.15) is 0 Å². The van der Waals surface area contributed by atoms with Crippen LogP contribution >= 0.6 is 0 Å². The first kappa shape index (κ1) is 20.1. The van der Waals surface area contributed by atoms with Crippen molar-refractivity contribution in [3.05, 3.63) is 95.6 Å². The first-order valence-electron chi connectivity index (χ1n) is 12.0. The van der Waals surface area contributed by atoms with E-state index in [0.717, 1.165) is 0 Å². The number of rotatable bonds is 6. The fourth-order valence-electron chi connectivity index (χ4n) is 5.93. The van der Waals surface area contributed by atoms with Gasteiger partial charge in [-0.1, -0.05) is 99.4 Å². The van der Waals surface area contributed by atoms with E-state index in [4.69, 9.17) is 0 Å². The van der Waals surface area contributed by atoms with Crippen LogP contribution in [0.3, 0.4) is 0 Å². The van der Waals surface area contributed by atoms with Crippen LogP contribution in [0.1, 0.15) is 68.6 Å². The highest BCUT2D eigenvalue weighted by atomic mass is 15.2. The van der Waals surface area contributed by atoms with Crippen LogP contribution in [0.25, 0.3) is 12.2 Å². The molecular formula is C30H33N. The summed E-state index contributed by atoms with van der Waals surface area (Å²) in [6, 6.07) is 29.5. The third-order valence-electron chi connectivity index (χ3n) is 7.40. The number of hydrogen-bond donors (Lipinski definition) is 0. The predicted octanol–water partition coefficient (Wildman–Crippen LogP) is 8.38. The molecule has 3 aromatic carbocycles. The van der Waals surface area contributed by atoms with Crippen LogP contribution in [0.4, 0.5) is 11.4 Å². The normalized spacial score (nSPS) is 22.5. The summed E-state index contributed by atoms with van der Waals surface area (Å²) in [6.07, 6.45) is 13.7. The summed E-state index contributed by atoms with van der Waals surface area (Å²) >= 11 is 0. The molecule has 1 saturated carbocycles. The molecule has 0 spiro atoms. The molecule has 2 aliphatic rings. The fraction of sp³-hybridized carbons (Fsp3) is 0.333. The summed E-state index contributed by atoms with van der Waals surface area (Å²) in [6.45, 7) is 2.33. The molecule has 1 heterocycles. The summed E-state index contributed by atoms with van der Waals surface area (Å²) in [5.41, 5.74) is 7.23. The summed E-state index contributed by atoms with van der Waals surface area (Å²) < 4.78 is 0. The molecule has 0 amide bonds. The molecule has 0 radical (unpaired) electrons. The van der Waals surface area contributed by atoms with Gasteiger partial charge >= 0.3 is 0 Å². The second-order valence-electron chi connectivity index (χ2n) is 9.25. The molecular weight excluding hydrogens is 374 g/mol. The molecule has 0 saturated heterocycles. The Morgan fingerprint density at radius 1 is 0.871 bits per heavy atom. The van der Waals surface area contributed by atoms with Crippen molar-refractivity contribution in [3.63, 3.8) is 0 Å². The highest BCUT2D eigenvalue weighted by Crippen LogP contribution is 2.57. The Balaban J connectivity index is 1.60. The van der Waals surface area contributed by atoms with E-state index in [-0.39, 0.29) is 5.41 Å². The highest BCUT2D eigenvalue weighted by molar-refractivity contribution is 5.78. The minimum absolute atomic E-state index is 0.288. The van der Waals surface area contributed by atoms with E-state index < -0.39 is 0 Å². The van der Waals surface area contributed by atoms with Gasteiger partial charge in [0.15, 0.2) is 0 Å². The van der Waals surface area contributed by atoms with Crippen LogP contribution in [-0.4, -0.2) is 6.04 Å². The van der Waals surface area contributed by atoms with E-state index in [0.29, 0.717) is 6.04 Å². The molecule has 2 unspecified atom stereocenters. The van der Waals surface area contributed by atoms with Gasteiger partial charge in [0.05, 0.1) is 0 Å². The summed E-state index contributed by atoms with van der Waals surface area (Å²) in [7, 11) is 0. The zero-order chi connectivity index (χ0) is 21.1. The third kappa shape index (κ3) is 3.71. The molecule has 0 N–H and O–H groups in total. The van der Waals surface area contributed by atoms with Crippen molar-refractivity contribution in [1.82, 2.24) is 0 Å². The Morgan fingerprint density at radius 3 is 2.39 bits per heavy atom. The molecule has 0 bridgehead atoms. The predicted molar refractivity (Wildman–Crippen MR) is 134 cm³/mol. The lowest BCUT2D eigenvalue weighted by atomic mass is 9.65. The second kappa shape index (κ2) is 8.75. The number of para-hydroxylation sites is 1. The number of nitrogens with zero attached hydrogens (tertiary/aromatic N) is 1. The molecule has 1 aliphatic carbocycles. The lowest BCUT2D eigenvalue weighted by Crippen LogP contribution is -2.45. The maximum Gasteiger partial charge on any atom is 0.0453 e. The Morgan fingerprint density at radius 2 is 1.61 bits per heavy atom. The van der Waals surface area contributed by atoms with E-state index in [2.05, 4.69) is 103 Å². The van der Waals surface area contributed by atoms with Crippen molar-refractivity contribution in [2.45, 2.75) is 63.3 Å². The second-order valence-corrected chi connectivity index (χ2v) is 9.25. The Labute approximate surface area is 187 Å². The van der Waals surface area contributed by atoms with Crippen molar-refractivity contribution < 1.29 is 0 Å². The van der Waals surface area contributed by atoms with Crippen molar-refractivity contribution >= 4 is 23.5 Å². The van der Waals surface area contributed by atoms with Crippen molar-refractivity contribution in [3.8, 4) is 0 Å². The van der Waals surface area contributed by atoms with Gasteiger partial charge in [-0.3, -0.25) is 0 Å². The van der Waals surface area contributed by atoms with Crippen molar-refractivity contribution in [2.24, 2.45) is 0 Å². The van der Waals surface area contributed by atoms with Crippen LogP contribution in [0, 0.1) is 0 Å². The lowest BCUT2D eigenvalue weighted by molar-refractivity contribution is 0.244. The van der Waals surface area contributed by atoms with E-state index in [1.54, 1.807) is 5.56 Å². The van der Waals surface area contributed by atoms with Gasteiger partial charge in [-0.25, -0.2) is 0 Å². The SMILES string of the molecule is CCCCC12CCCCC1N(c1ccccc1)c1ccc(C=Cc3ccccc3)cc12. The van der Waals surface area contributed by atoms with Gasteiger partial charge in [0.1, 0.15) is 0 Å². The zero-order valence-corrected chi connectivity index (χ0v) is 18.6. The first-order chi connectivity index (χ1) is 15.3. The van der Waals surface area contributed by atoms with Gasteiger partial charge in [-0.15, -0.1) is 0 Å². The largest absolute Gasteiger partial charge is 0.337 e. The Bertz CT molecular complexity index is 1040. The number of fused-ring (bicyclic) bond motifs is 3. The van der Waals surface area contributed by atoms with Gasteiger partial charge in [0.2, 0.25) is 0 Å². The van der Waals surface area contributed by atoms with Crippen molar-refractivity contribution in [2.75, 3.05) is 4.90 Å². The number of hydrogen-bond acceptors (Lipinski definition) is 1. The summed E-state index contributed by atoms with van der Waals surface area (Å²) in [5, 5.41) is 0. The standard InChI is InChI=1S/C30H33N/c1-2-3-21-30-22-11-10-16-29(30)31(26-14-8-5-9-15-26)28-20-19-25(23-27(28)30)18-17-24-12-6-4-7-13-24/h4-9,12-15,17-20,23,29H,2-3,10-11,16,21-22H2,1H3. The fourth-order valence-corrected chi connectivity index (χ4v) is 5.93. The smallest absolute Gasteiger partial charge is 0.0453 e. The molecule has 3 aromatic rings. The molecule has 158 valence electrons. The highest BCUT2D eigenvalue weighted by Gasteiger charge is 2.51. The minimum atomic E-state index is 0.288. The molecule has 1 aliphatic heterocycles. The average Bonchev–Trinajstić information content (AvgIpc) is 3.12. The van der Waals surface area contributed by atoms with Crippen LogP contribution in [0.15, 0.2) is 78.9 Å². The molecule has 1 nitrogen and oxygen atoms in total. The summed E-state index contributed by atoms with van der Waals surface area (Å²) in [5.74, 6) is 0. The number of benzene rings is 3. The number of anilines is 2. The van der Waals surface area contributed by atoms with Gasteiger partial charge < -0.3 is 4.90 Å². The maximum absolute atomic E-state index is 2.68. The molecule has 31 heavy (non-hydrogen) atoms. The third-order valence-corrected chi connectivity index (χ3v) is 7.40. The van der Waals surface area contributed by atoms with E-state index in [1.165, 1.54) is 67.4 Å². The molecule has 2 atom stereocenters. The molecule has 0 aromatic heterocycles. The number of unbranched alkanes of at least 4 members (excludes halogenated alkanes) is 1. The Kier molecular flexibility index (Phi) is 5.68.